The zero-order chi connectivity index (χ0) is 5.70. The summed E-state index contributed by atoms with van der Waals surface area (Å²) in [5.74, 6) is 0. The van der Waals surface area contributed by atoms with Gasteiger partial charge in [0, 0.05) is 0 Å². The van der Waals surface area contributed by atoms with Gasteiger partial charge in [0.25, 0.3) is 0 Å². The lowest BCUT2D eigenvalue weighted by Gasteiger charge is -2.02. The van der Waals surface area contributed by atoms with E-state index in [1.54, 1.807) is 0 Å². The van der Waals surface area contributed by atoms with Gasteiger partial charge in [-0.25, -0.2) is 0 Å². The summed E-state index contributed by atoms with van der Waals surface area (Å²) in [6, 6.07) is 0. The van der Waals surface area contributed by atoms with Gasteiger partial charge >= 0.3 is 0 Å². The van der Waals surface area contributed by atoms with Crippen molar-refractivity contribution in [3.63, 3.8) is 0 Å². The van der Waals surface area contributed by atoms with Crippen LogP contribution < -0.4 is 5.73 Å². The molecule has 0 bridgehead atoms. The van der Waals surface area contributed by atoms with E-state index in [1.165, 1.54) is 6.42 Å². The fourth-order valence-corrected chi connectivity index (χ4v) is 0.850. The highest BCUT2D eigenvalue weighted by Gasteiger charge is 1.92. The molecule has 0 rings (SSSR count). The molecule has 0 aliphatic carbocycles. The minimum absolute atomic E-state index is 0.849. The Morgan fingerprint density at radius 2 is 2.29 bits per heavy atom. The highest BCUT2D eigenvalue weighted by atomic mass is 31.1. The number of hydrogen-bond acceptors (Lipinski definition) is 1. The smallest absolute Gasteiger partial charge is 0.00714 e. The van der Waals surface area contributed by atoms with Crippen molar-refractivity contribution in [1.82, 2.24) is 0 Å². The molecule has 0 fully saturated rings. The van der Waals surface area contributed by atoms with Crippen LogP contribution in [-0.2, 0) is 0 Å². The zero-order valence-electron chi connectivity index (χ0n) is 5.07. The van der Waals surface area contributed by atoms with Gasteiger partial charge in [-0.1, -0.05) is 6.92 Å². The van der Waals surface area contributed by atoms with E-state index in [0.29, 0.717) is 0 Å². The molecule has 0 saturated heterocycles. The van der Waals surface area contributed by atoms with Crippen LogP contribution in [0.1, 0.15) is 13.3 Å². The van der Waals surface area contributed by atoms with Crippen LogP contribution in [0.15, 0.2) is 0 Å². The van der Waals surface area contributed by atoms with Gasteiger partial charge in [0.2, 0.25) is 0 Å². The van der Waals surface area contributed by atoms with Crippen LogP contribution in [0.4, 0.5) is 0 Å². The summed E-state index contributed by atoms with van der Waals surface area (Å²) in [7, 11) is 1.06. The van der Waals surface area contributed by atoms with E-state index in [0.717, 1.165) is 20.8 Å². The number of hydrogen-bond donors (Lipinski definition) is 1. The summed E-state index contributed by atoms with van der Waals surface area (Å²) in [4.78, 5) is 0. The lowest BCUT2D eigenvalue weighted by Crippen LogP contribution is -2.05. The van der Waals surface area contributed by atoms with E-state index < -0.39 is 0 Å². The Kier molecular flexibility index (Phi) is 4.80. The van der Waals surface area contributed by atoms with Crippen molar-refractivity contribution in [3.05, 3.63) is 0 Å². The first kappa shape index (κ1) is 7.39. The molecule has 0 aromatic heterocycles. The minimum atomic E-state index is 0.849. The molecular weight excluding hydrogens is 105 g/mol. The number of rotatable bonds is 3. The van der Waals surface area contributed by atoms with E-state index in [1.807, 2.05) is 0 Å². The monoisotopic (exact) mass is 119 g/mol. The molecule has 0 aromatic carbocycles. The molecule has 0 spiro atoms. The molecule has 7 heavy (non-hydrogen) atoms. The molecular formula is C5H14NP. The quantitative estimate of drug-likeness (QED) is 0.552. The summed E-state index contributed by atoms with van der Waals surface area (Å²) in [5, 5.41) is 0. The van der Waals surface area contributed by atoms with Gasteiger partial charge in [-0.05, 0) is 25.3 Å². The summed E-state index contributed by atoms with van der Waals surface area (Å²) < 4.78 is 0. The molecule has 2 heteroatoms. The molecule has 0 saturated carbocycles. The first-order valence-electron chi connectivity index (χ1n) is 2.68. The highest BCUT2D eigenvalue weighted by molar-refractivity contribution is 7.37. The van der Waals surface area contributed by atoms with Crippen molar-refractivity contribution in [1.29, 1.82) is 0 Å². The van der Waals surface area contributed by atoms with Crippen LogP contribution in [0.3, 0.4) is 0 Å². The Bertz CT molecular complexity index is 39.1. The molecule has 0 amide bonds. The predicted octanol–water partition coefficient (Wildman–Crippen LogP) is 1.03. The third kappa shape index (κ3) is 4.24. The fourth-order valence-electron chi connectivity index (χ4n) is 0.394. The topological polar surface area (TPSA) is 26.0 Å². The Morgan fingerprint density at radius 3 is 2.43 bits per heavy atom. The highest BCUT2D eigenvalue weighted by Crippen LogP contribution is 2.14. The van der Waals surface area contributed by atoms with Crippen molar-refractivity contribution >= 4 is 8.58 Å². The van der Waals surface area contributed by atoms with Crippen LogP contribution in [-0.4, -0.2) is 18.9 Å². The van der Waals surface area contributed by atoms with E-state index in [9.17, 15) is 0 Å². The van der Waals surface area contributed by atoms with Gasteiger partial charge in [-0.2, -0.15) is 0 Å². The molecule has 0 aliphatic rings. The molecule has 1 nitrogen and oxygen atoms in total. The second kappa shape index (κ2) is 4.55. The maximum absolute atomic E-state index is 5.31. The van der Waals surface area contributed by atoms with Gasteiger partial charge in [0.05, 0.1) is 0 Å². The van der Waals surface area contributed by atoms with Crippen molar-refractivity contribution in [2.24, 2.45) is 5.73 Å². The first-order chi connectivity index (χ1) is 3.31. The molecule has 0 heterocycles. The van der Waals surface area contributed by atoms with Crippen LogP contribution in [0, 0.1) is 0 Å². The third-order valence-corrected chi connectivity index (χ3v) is 2.37. The number of nitrogens with two attached hydrogens (primary N) is 1. The van der Waals surface area contributed by atoms with E-state index in [4.69, 9.17) is 5.73 Å². The minimum Gasteiger partial charge on any atom is -0.330 e. The Labute approximate surface area is 47.5 Å². The Balaban J connectivity index is 2.83. The SMILES string of the molecule is CPC(C)CCN. The average Bonchev–Trinajstić information content (AvgIpc) is 1.68. The second-order valence-electron chi connectivity index (χ2n) is 1.77. The van der Waals surface area contributed by atoms with E-state index in [2.05, 4.69) is 13.6 Å². The van der Waals surface area contributed by atoms with Gasteiger partial charge in [-0.3, -0.25) is 0 Å². The molecule has 0 aromatic rings. The van der Waals surface area contributed by atoms with E-state index in [-0.39, 0.29) is 0 Å². The molecule has 2 atom stereocenters. The molecule has 44 valence electrons. The largest absolute Gasteiger partial charge is 0.330 e. The maximum atomic E-state index is 5.31. The summed E-state index contributed by atoms with van der Waals surface area (Å²) in [6.45, 7) is 5.31. The lowest BCUT2D eigenvalue weighted by atomic mass is 10.3. The predicted molar refractivity (Wildman–Crippen MR) is 37.4 cm³/mol. The zero-order valence-corrected chi connectivity index (χ0v) is 6.07. The summed E-state index contributed by atoms with van der Waals surface area (Å²) >= 11 is 0. The second-order valence-corrected chi connectivity index (χ2v) is 3.33. The van der Waals surface area contributed by atoms with Crippen molar-refractivity contribution in [2.75, 3.05) is 13.2 Å². The first-order valence-corrected chi connectivity index (χ1v) is 4.26. The Morgan fingerprint density at radius 1 is 1.71 bits per heavy atom. The molecule has 2 N–H and O–H groups in total. The van der Waals surface area contributed by atoms with Gasteiger partial charge in [-0.15, -0.1) is 8.58 Å². The van der Waals surface area contributed by atoms with Gasteiger partial charge in [0.15, 0.2) is 0 Å². The molecule has 0 aliphatic heterocycles. The average molecular weight is 119 g/mol. The van der Waals surface area contributed by atoms with Crippen LogP contribution >= 0.6 is 8.58 Å². The summed E-state index contributed by atoms with van der Waals surface area (Å²) in [6.07, 6.45) is 1.19. The van der Waals surface area contributed by atoms with Crippen molar-refractivity contribution in [3.8, 4) is 0 Å². The van der Waals surface area contributed by atoms with Gasteiger partial charge < -0.3 is 5.73 Å². The van der Waals surface area contributed by atoms with Crippen LogP contribution in [0.5, 0.6) is 0 Å². The van der Waals surface area contributed by atoms with Crippen molar-refractivity contribution < 1.29 is 0 Å². The standard InChI is InChI=1S/C5H14NP/c1-5(7-2)3-4-6/h5,7H,3-4,6H2,1-2H3. The van der Waals surface area contributed by atoms with Crippen LogP contribution in [0.25, 0.3) is 0 Å². The van der Waals surface area contributed by atoms with Crippen LogP contribution in [0.2, 0.25) is 0 Å². The fraction of sp³-hybridized carbons (Fsp3) is 1.00. The third-order valence-electron chi connectivity index (χ3n) is 1.09. The molecule has 2 unspecified atom stereocenters. The Hall–Kier alpha value is 0.390. The van der Waals surface area contributed by atoms with Crippen molar-refractivity contribution in [2.45, 2.75) is 19.0 Å². The molecule has 0 radical (unpaired) electrons. The maximum Gasteiger partial charge on any atom is -0.00714 e. The summed E-state index contributed by atoms with van der Waals surface area (Å²) in [5.41, 5.74) is 6.16. The van der Waals surface area contributed by atoms with Gasteiger partial charge in [0.1, 0.15) is 0 Å². The normalized spacial score (nSPS) is 15.9. The van der Waals surface area contributed by atoms with E-state index >= 15 is 0 Å². The lowest BCUT2D eigenvalue weighted by molar-refractivity contribution is 0.820.